The SMILES string of the molecule is CCc1nc2cc(S(=O)(=O)NC(C)(C)C)c(Cl)cc2n1-c1ccc(CCN(C(=O)O)S(=O)(=O)c2ccc(C)cc2)cc1. The van der Waals surface area contributed by atoms with Gasteiger partial charge in [0.05, 0.1) is 21.0 Å². The Labute approximate surface area is 251 Å². The number of carbonyl (C=O) groups is 1. The molecule has 3 aromatic carbocycles. The van der Waals surface area contributed by atoms with Crippen molar-refractivity contribution in [3.63, 3.8) is 0 Å². The molecule has 4 rings (SSSR count). The van der Waals surface area contributed by atoms with Crippen molar-refractivity contribution in [2.75, 3.05) is 6.54 Å². The molecule has 2 N–H and O–H groups in total. The van der Waals surface area contributed by atoms with Gasteiger partial charge in [0.15, 0.2) is 0 Å². The Morgan fingerprint density at radius 1 is 1.02 bits per heavy atom. The summed E-state index contributed by atoms with van der Waals surface area (Å²) in [5.41, 5.74) is 2.72. The zero-order valence-electron chi connectivity index (χ0n) is 23.9. The normalized spacial score (nSPS) is 12.5. The number of hydrogen-bond donors (Lipinski definition) is 2. The lowest BCUT2D eigenvalue weighted by molar-refractivity contribution is 0.172. The second kappa shape index (κ2) is 11.7. The van der Waals surface area contributed by atoms with E-state index in [4.69, 9.17) is 11.6 Å². The lowest BCUT2D eigenvalue weighted by Crippen LogP contribution is -2.40. The fourth-order valence-corrected chi connectivity index (χ4v) is 7.75. The first-order valence-corrected chi connectivity index (χ1v) is 16.5. The van der Waals surface area contributed by atoms with Gasteiger partial charge < -0.3 is 5.11 Å². The van der Waals surface area contributed by atoms with E-state index in [1.54, 1.807) is 51.1 Å². The number of rotatable bonds is 9. The van der Waals surface area contributed by atoms with E-state index in [2.05, 4.69) is 9.71 Å². The summed E-state index contributed by atoms with van der Waals surface area (Å²) < 4.78 is 56.9. The van der Waals surface area contributed by atoms with Gasteiger partial charge in [0.2, 0.25) is 10.0 Å². The number of halogens is 1. The number of amides is 1. The summed E-state index contributed by atoms with van der Waals surface area (Å²) in [5.74, 6) is 0.688. The summed E-state index contributed by atoms with van der Waals surface area (Å²) in [4.78, 5) is 16.4. The van der Waals surface area contributed by atoms with E-state index in [1.807, 2.05) is 30.5 Å². The Balaban J connectivity index is 1.62. The number of sulfonamides is 2. The van der Waals surface area contributed by atoms with Crippen molar-refractivity contribution in [1.82, 2.24) is 18.6 Å². The molecule has 1 aromatic heterocycles. The van der Waals surface area contributed by atoms with E-state index >= 15 is 0 Å². The van der Waals surface area contributed by atoms with Crippen LogP contribution in [-0.4, -0.2) is 54.0 Å². The maximum absolute atomic E-state index is 13.0. The number of carboxylic acid groups (broad SMARTS) is 1. The number of benzene rings is 3. The van der Waals surface area contributed by atoms with Crippen LogP contribution < -0.4 is 4.72 Å². The predicted molar refractivity (Wildman–Crippen MR) is 162 cm³/mol. The number of aryl methyl sites for hydroxylation is 2. The Bertz CT molecular complexity index is 1850. The lowest BCUT2D eigenvalue weighted by Gasteiger charge is -2.20. The molecule has 0 atom stereocenters. The highest BCUT2D eigenvalue weighted by molar-refractivity contribution is 7.90. The maximum atomic E-state index is 13.0. The highest BCUT2D eigenvalue weighted by atomic mass is 35.5. The number of fused-ring (bicyclic) bond motifs is 1. The van der Waals surface area contributed by atoms with Crippen molar-refractivity contribution in [2.45, 2.75) is 62.8 Å². The molecule has 42 heavy (non-hydrogen) atoms. The van der Waals surface area contributed by atoms with Crippen LogP contribution in [0.3, 0.4) is 0 Å². The zero-order chi connectivity index (χ0) is 31.0. The van der Waals surface area contributed by atoms with Crippen LogP contribution in [0.15, 0.2) is 70.5 Å². The van der Waals surface area contributed by atoms with Crippen LogP contribution >= 0.6 is 11.6 Å². The Kier molecular flexibility index (Phi) is 8.75. The van der Waals surface area contributed by atoms with E-state index < -0.39 is 31.7 Å². The molecule has 0 unspecified atom stereocenters. The quantitative estimate of drug-likeness (QED) is 0.247. The fourth-order valence-electron chi connectivity index (χ4n) is 4.52. The summed E-state index contributed by atoms with van der Waals surface area (Å²) in [5, 5.41) is 9.72. The standard InChI is InChI=1S/C29H33ClN4O6S2/c1-6-27-31-24-18-26(41(37,38)32-29(3,4)5)23(30)17-25(24)34(27)21-11-9-20(10-12-21)15-16-33(28(35)36)42(39,40)22-13-7-19(2)8-14-22/h7-14,17-18,32H,6,15-16H2,1-5H3,(H,35,36). The van der Waals surface area contributed by atoms with Crippen molar-refractivity contribution in [3.05, 3.63) is 82.6 Å². The van der Waals surface area contributed by atoms with Crippen LogP contribution in [0.2, 0.25) is 5.02 Å². The molecular formula is C29H33ClN4O6S2. The molecule has 0 aliphatic carbocycles. The van der Waals surface area contributed by atoms with E-state index in [0.717, 1.165) is 16.8 Å². The number of aromatic nitrogens is 2. The molecule has 1 amide bonds. The Morgan fingerprint density at radius 3 is 2.19 bits per heavy atom. The van der Waals surface area contributed by atoms with Crippen molar-refractivity contribution in [1.29, 1.82) is 0 Å². The van der Waals surface area contributed by atoms with Crippen LogP contribution in [0.4, 0.5) is 4.79 Å². The highest BCUT2D eigenvalue weighted by Crippen LogP contribution is 2.31. The molecule has 0 saturated heterocycles. The topological polar surface area (TPSA) is 139 Å². The van der Waals surface area contributed by atoms with E-state index in [1.165, 1.54) is 18.2 Å². The Morgan fingerprint density at radius 2 is 1.64 bits per heavy atom. The van der Waals surface area contributed by atoms with Gasteiger partial charge in [-0.25, -0.2) is 35.6 Å². The molecule has 0 aliphatic rings. The monoisotopic (exact) mass is 632 g/mol. The van der Waals surface area contributed by atoms with Crippen LogP contribution in [0.25, 0.3) is 16.7 Å². The van der Waals surface area contributed by atoms with Crippen LogP contribution in [0.5, 0.6) is 0 Å². The van der Waals surface area contributed by atoms with E-state index in [-0.39, 0.29) is 27.8 Å². The molecule has 13 heteroatoms. The van der Waals surface area contributed by atoms with E-state index in [0.29, 0.717) is 27.6 Å². The first-order chi connectivity index (χ1) is 19.5. The van der Waals surface area contributed by atoms with Crippen LogP contribution in [0.1, 0.15) is 44.6 Å². The fraction of sp³-hybridized carbons (Fsp3) is 0.310. The van der Waals surface area contributed by atoms with Gasteiger partial charge in [-0.05, 0) is 76.1 Å². The second-order valence-electron chi connectivity index (χ2n) is 10.9. The summed E-state index contributed by atoms with van der Waals surface area (Å²) in [6.45, 7) is 8.72. The van der Waals surface area contributed by atoms with Crippen LogP contribution in [0, 0.1) is 6.92 Å². The molecule has 0 bridgehead atoms. The van der Waals surface area contributed by atoms with Crippen molar-refractivity contribution in [2.24, 2.45) is 0 Å². The number of nitrogens with one attached hydrogen (secondary N) is 1. The van der Waals surface area contributed by atoms with Gasteiger partial charge >= 0.3 is 6.09 Å². The molecule has 4 aromatic rings. The molecule has 0 fully saturated rings. The average Bonchev–Trinajstić information content (AvgIpc) is 3.24. The van der Waals surface area contributed by atoms with Gasteiger partial charge in [0, 0.05) is 24.2 Å². The van der Waals surface area contributed by atoms with Gasteiger partial charge in [-0.15, -0.1) is 0 Å². The first kappa shape index (κ1) is 31.5. The largest absolute Gasteiger partial charge is 0.464 e. The molecular weight excluding hydrogens is 600 g/mol. The van der Waals surface area contributed by atoms with Crippen LogP contribution in [-0.2, 0) is 32.9 Å². The third-order valence-electron chi connectivity index (χ3n) is 6.44. The number of imidazole rings is 1. The predicted octanol–water partition coefficient (Wildman–Crippen LogP) is 5.54. The minimum absolute atomic E-state index is 0.0576. The molecule has 224 valence electrons. The second-order valence-corrected chi connectivity index (χ2v) is 14.9. The summed E-state index contributed by atoms with van der Waals surface area (Å²) in [6, 6.07) is 16.3. The molecule has 1 heterocycles. The van der Waals surface area contributed by atoms with Crippen molar-refractivity contribution < 1.29 is 26.7 Å². The highest BCUT2D eigenvalue weighted by Gasteiger charge is 2.29. The molecule has 10 nitrogen and oxygen atoms in total. The lowest BCUT2D eigenvalue weighted by atomic mass is 10.1. The minimum atomic E-state index is -4.23. The summed E-state index contributed by atoms with van der Waals surface area (Å²) >= 11 is 6.48. The molecule has 0 radical (unpaired) electrons. The van der Waals surface area contributed by atoms with Crippen molar-refractivity contribution in [3.8, 4) is 5.69 Å². The van der Waals surface area contributed by atoms with Gasteiger partial charge in [0.1, 0.15) is 10.7 Å². The third-order valence-corrected chi connectivity index (χ3v) is 10.5. The summed E-state index contributed by atoms with van der Waals surface area (Å²) in [7, 11) is -8.12. The average molecular weight is 633 g/mol. The third kappa shape index (κ3) is 6.62. The van der Waals surface area contributed by atoms with Gasteiger partial charge in [-0.1, -0.05) is 48.4 Å². The summed E-state index contributed by atoms with van der Waals surface area (Å²) in [6.07, 6.45) is -0.835. The smallest absolute Gasteiger partial charge is 0.421 e. The van der Waals surface area contributed by atoms with Crippen molar-refractivity contribution >= 4 is 48.8 Å². The maximum Gasteiger partial charge on any atom is 0.421 e. The van der Waals surface area contributed by atoms with Gasteiger partial charge in [-0.2, -0.15) is 0 Å². The number of nitrogens with zero attached hydrogens (tertiary/aromatic N) is 3. The van der Waals surface area contributed by atoms with Gasteiger partial charge in [-0.3, -0.25) is 4.57 Å². The molecule has 0 saturated carbocycles. The van der Waals surface area contributed by atoms with Gasteiger partial charge in [0.25, 0.3) is 10.0 Å². The number of hydrogen-bond acceptors (Lipinski definition) is 6. The molecule has 0 aliphatic heterocycles. The minimum Gasteiger partial charge on any atom is -0.464 e. The zero-order valence-corrected chi connectivity index (χ0v) is 26.3. The Hall–Kier alpha value is -3.45. The first-order valence-electron chi connectivity index (χ1n) is 13.2. The van der Waals surface area contributed by atoms with E-state index in [9.17, 15) is 26.7 Å². The molecule has 0 spiro atoms.